The molecule has 5 nitrogen and oxygen atoms in total. The third kappa shape index (κ3) is 4.92. The molecule has 0 aliphatic carbocycles. The van der Waals surface area contributed by atoms with Crippen LogP contribution in [0.15, 0.2) is 59.9 Å². The van der Waals surface area contributed by atoms with Gasteiger partial charge in [-0.05, 0) is 48.2 Å². The number of hydrogen-bond acceptors (Lipinski definition) is 4. The highest BCUT2D eigenvalue weighted by atomic mass is 32.2. The standard InChI is InChI=1S/C20H18F3N3O2S/c1-25(12-13-3-9-16(10-4-13)28-19(22)23)18(27)17-11-24-20(29-2)26(17)15-7-5-14(21)6-8-15/h3-11,19H,12H2,1-2H3. The molecule has 0 aliphatic rings. The lowest BCUT2D eigenvalue weighted by Gasteiger charge is -2.19. The van der Waals surface area contributed by atoms with E-state index < -0.39 is 6.61 Å². The summed E-state index contributed by atoms with van der Waals surface area (Å²) in [6, 6.07) is 11.9. The van der Waals surface area contributed by atoms with E-state index in [9.17, 15) is 18.0 Å². The third-order valence-corrected chi connectivity index (χ3v) is 4.78. The quantitative estimate of drug-likeness (QED) is 0.523. The first kappa shape index (κ1) is 20.8. The molecule has 3 aromatic rings. The van der Waals surface area contributed by atoms with E-state index in [2.05, 4.69) is 9.72 Å². The second-order valence-electron chi connectivity index (χ2n) is 6.13. The number of imidazole rings is 1. The summed E-state index contributed by atoms with van der Waals surface area (Å²) in [6.45, 7) is -2.63. The van der Waals surface area contributed by atoms with Crippen LogP contribution in [0.25, 0.3) is 5.69 Å². The molecule has 152 valence electrons. The number of hydrogen-bond donors (Lipinski definition) is 0. The highest BCUT2D eigenvalue weighted by Gasteiger charge is 2.21. The molecular weight excluding hydrogens is 403 g/mol. The van der Waals surface area contributed by atoms with Gasteiger partial charge in [-0.3, -0.25) is 9.36 Å². The summed E-state index contributed by atoms with van der Waals surface area (Å²) >= 11 is 1.37. The van der Waals surface area contributed by atoms with Crippen LogP contribution in [0.2, 0.25) is 0 Å². The zero-order valence-corrected chi connectivity index (χ0v) is 16.5. The fraction of sp³-hybridized carbons (Fsp3) is 0.200. The number of alkyl halides is 2. The summed E-state index contributed by atoms with van der Waals surface area (Å²) in [6.07, 6.45) is 3.32. The third-order valence-electron chi connectivity index (χ3n) is 4.13. The van der Waals surface area contributed by atoms with Crippen LogP contribution in [0.5, 0.6) is 5.75 Å². The number of carbonyl (C=O) groups excluding carboxylic acids is 1. The highest BCUT2D eigenvalue weighted by molar-refractivity contribution is 7.98. The van der Waals surface area contributed by atoms with Crippen molar-refractivity contribution < 1.29 is 22.7 Å². The topological polar surface area (TPSA) is 47.4 Å². The van der Waals surface area contributed by atoms with Gasteiger partial charge in [0, 0.05) is 19.3 Å². The molecule has 1 heterocycles. The molecule has 0 spiro atoms. The van der Waals surface area contributed by atoms with Gasteiger partial charge in [-0.2, -0.15) is 8.78 Å². The lowest BCUT2D eigenvalue weighted by atomic mass is 10.2. The number of aromatic nitrogens is 2. The van der Waals surface area contributed by atoms with Crippen LogP contribution >= 0.6 is 11.8 Å². The number of ether oxygens (including phenoxy) is 1. The maximum atomic E-state index is 13.3. The van der Waals surface area contributed by atoms with E-state index in [0.717, 1.165) is 5.56 Å². The molecule has 0 bridgehead atoms. The van der Waals surface area contributed by atoms with Crippen LogP contribution in [-0.2, 0) is 6.54 Å². The molecule has 0 fully saturated rings. The predicted molar refractivity (Wildman–Crippen MR) is 104 cm³/mol. The summed E-state index contributed by atoms with van der Waals surface area (Å²) < 4.78 is 43.8. The van der Waals surface area contributed by atoms with Crippen molar-refractivity contribution in [3.8, 4) is 11.4 Å². The van der Waals surface area contributed by atoms with E-state index >= 15 is 0 Å². The highest BCUT2D eigenvalue weighted by Crippen LogP contribution is 2.23. The Morgan fingerprint density at radius 2 is 1.83 bits per heavy atom. The van der Waals surface area contributed by atoms with Gasteiger partial charge in [0.1, 0.15) is 17.3 Å². The summed E-state index contributed by atoms with van der Waals surface area (Å²) in [5.41, 5.74) is 1.71. The molecule has 0 atom stereocenters. The first-order valence-electron chi connectivity index (χ1n) is 8.56. The van der Waals surface area contributed by atoms with E-state index in [4.69, 9.17) is 0 Å². The van der Waals surface area contributed by atoms with Crippen molar-refractivity contribution in [2.75, 3.05) is 13.3 Å². The SMILES string of the molecule is CSc1ncc(C(=O)N(C)Cc2ccc(OC(F)F)cc2)n1-c1ccc(F)cc1. The summed E-state index contributed by atoms with van der Waals surface area (Å²) in [4.78, 5) is 18.8. The fourth-order valence-electron chi connectivity index (χ4n) is 2.79. The Bertz CT molecular complexity index is 976. The maximum absolute atomic E-state index is 13.3. The molecule has 3 rings (SSSR count). The Balaban J connectivity index is 1.81. The fourth-order valence-corrected chi connectivity index (χ4v) is 3.33. The molecule has 0 unspecified atom stereocenters. The number of nitrogens with zero attached hydrogens (tertiary/aromatic N) is 3. The Kier molecular flexibility index (Phi) is 6.48. The monoisotopic (exact) mass is 421 g/mol. The molecule has 9 heteroatoms. The van der Waals surface area contributed by atoms with Crippen LogP contribution in [0, 0.1) is 5.82 Å². The van der Waals surface area contributed by atoms with E-state index in [1.165, 1.54) is 47.1 Å². The molecule has 0 N–H and O–H groups in total. The van der Waals surface area contributed by atoms with Crippen molar-refractivity contribution >= 4 is 17.7 Å². The van der Waals surface area contributed by atoms with E-state index in [-0.39, 0.29) is 24.0 Å². The summed E-state index contributed by atoms with van der Waals surface area (Å²) in [5.74, 6) is -0.601. The zero-order valence-electron chi connectivity index (χ0n) is 15.7. The van der Waals surface area contributed by atoms with Crippen molar-refractivity contribution in [2.45, 2.75) is 18.3 Å². The van der Waals surface area contributed by atoms with Gasteiger partial charge in [-0.1, -0.05) is 23.9 Å². The van der Waals surface area contributed by atoms with Crippen molar-refractivity contribution in [2.24, 2.45) is 0 Å². The summed E-state index contributed by atoms with van der Waals surface area (Å²) in [7, 11) is 1.63. The van der Waals surface area contributed by atoms with Gasteiger partial charge < -0.3 is 9.64 Å². The molecule has 0 saturated heterocycles. The van der Waals surface area contributed by atoms with Gasteiger partial charge in [0.05, 0.1) is 6.20 Å². The van der Waals surface area contributed by atoms with E-state index in [1.807, 2.05) is 6.26 Å². The molecule has 1 amide bonds. The number of carbonyl (C=O) groups is 1. The first-order valence-corrected chi connectivity index (χ1v) is 9.78. The second kappa shape index (κ2) is 9.04. The molecule has 1 aromatic heterocycles. The molecule has 0 aliphatic heterocycles. The van der Waals surface area contributed by atoms with Crippen molar-refractivity contribution in [3.63, 3.8) is 0 Å². The van der Waals surface area contributed by atoms with Crippen molar-refractivity contribution in [1.82, 2.24) is 14.5 Å². The lowest BCUT2D eigenvalue weighted by molar-refractivity contribution is -0.0498. The Hall–Kier alpha value is -2.94. The Labute approximate surface area is 170 Å². The number of thioether (sulfide) groups is 1. The normalized spacial score (nSPS) is 11.0. The lowest BCUT2D eigenvalue weighted by Crippen LogP contribution is -2.28. The molecule has 0 radical (unpaired) electrons. The first-order chi connectivity index (χ1) is 13.9. The minimum absolute atomic E-state index is 0.0525. The number of halogens is 3. The van der Waals surface area contributed by atoms with Gasteiger partial charge in [-0.25, -0.2) is 9.37 Å². The minimum atomic E-state index is -2.89. The average molecular weight is 421 g/mol. The van der Waals surface area contributed by atoms with Gasteiger partial charge in [-0.15, -0.1) is 0 Å². The number of benzene rings is 2. The van der Waals surface area contributed by atoms with Crippen LogP contribution in [0.3, 0.4) is 0 Å². The zero-order chi connectivity index (χ0) is 21.0. The largest absolute Gasteiger partial charge is 0.435 e. The van der Waals surface area contributed by atoms with Crippen LogP contribution < -0.4 is 4.74 Å². The molecule has 0 saturated carbocycles. The van der Waals surface area contributed by atoms with Crippen molar-refractivity contribution in [3.05, 3.63) is 71.8 Å². The number of amides is 1. The molecule has 29 heavy (non-hydrogen) atoms. The Morgan fingerprint density at radius 3 is 2.41 bits per heavy atom. The minimum Gasteiger partial charge on any atom is -0.435 e. The smallest absolute Gasteiger partial charge is 0.387 e. The van der Waals surface area contributed by atoms with Gasteiger partial charge in [0.25, 0.3) is 5.91 Å². The second-order valence-corrected chi connectivity index (χ2v) is 6.90. The number of rotatable bonds is 7. The maximum Gasteiger partial charge on any atom is 0.387 e. The van der Waals surface area contributed by atoms with Crippen molar-refractivity contribution in [1.29, 1.82) is 0 Å². The van der Waals surface area contributed by atoms with Gasteiger partial charge in [0.15, 0.2) is 5.16 Å². The molecule has 2 aromatic carbocycles. The van der Waals surface area contributed by atoms with Gasteiger partial charge >= 0.3 is 6.61 Å². The summed E-state index contributed by atoms with van der Waals surface area (Å²) in [5, 5.41) is 0.599. The van der Waals surface area contributed by atoms with Gasteiger partial charge in [0.2, 0.25) is 0 Å². The van der Waals surface area contributed by atoms with Crippen LogP contribution in [-0.4, -0.2) is 40.3 Å². The average Bonchev–Trinajstić information content (AvgIpc) is 3.13. The van der Waals surface area contributed by atoms with Crippen LogP contribution in [0.4, 0.5) is 13.2 Å². The van der Waals surface area contributed by atoms with Crippen LogP contribution in [0.1, 0.15) is 16.1 Å². The van der Waals surface area contributed by atoms with E-state index in [0.29, 0.717) is 16.5 Å². The Morgan fingerprint density at radius 1 is 1.17 bits per heavy atom. The van der Waals surface area contributed by atoms with E-state index in [1.54, 1.807) is 35.9 Å². The molecular formula is C20H18F3N3O2S. The predicted octanol–water partition coefficient (Wildman–Crippen LogP) is 4.61.